The molecule has 1 aliphatic heterocycles. The van der Waals surface area contributed by atoms with E-state index in [0.717, 1.165) is 6.42 Å². The first-order chi connectivity index (χ1) is 7.60. The van der Waals surface area contributed by atoms with Crippen molar-refractivity contribution in [2.75, 3.05) is 13.1 Å². The molecule has 0 radical (unpaired) electrons. The van der Waals surface area contributed by atoms with Gasteiger partial charge in [-0.25, -0.2) is 0 Å². The second-order valence-corrected chi connectivity index (χ2v) is 7.70. The monoisotopic (exact) mass is 264 g/mol. The number of hydrogen-bond acceptors (Lipinski definition) is 3. The summed E-state index contributed by atoms with van der Waals surface area (Å²) in [5.74, 6) is 0.787. The molecule has 1 fully saturated rings. The number of hydrogen-bond donors (Lipinski definition) is 1. The van der Waals surface area contributed by atoms with Crippen molar-refractivity contribution in [3.8, 4) is 0 Å². The minimum atomic E-state index is -3.52. The van der Waals surface area contributed by atoms with E-state index < -0.39 is 15.8 Å². The van der Waals surface area contributed by atoms with Crippen molar-refractivity contribution in [3.63, 3.8) is 0 Å². The lowest BCUT2D eigenvalue weighted by Gasteiger charge is -2.34. The van der Waals surface area contributed by atoms with Crippen molar-refractivity contribution in [2.45, 2.75) is 46.6 Å². The molecule has 0 aromatic heterocycles. The number of nitrogens with zero attached hydrogens (tertiary/aromatic N) is 1. The summed E-state index contributed by atoms with van der Waals surface area (Å²) in [5.41, 5.74) is -0.528. The van der Waals surface area contributed by atoms with E-state index in [0.29, 0.717) is 24.9 Å². The van der Waals surface area contributed by atoms with Crippen molar-refractivity contribution in [1.29, 1.82) is 0 Å². The Morgan fingerprint density at radius 2 is 1.65 bits per heavy atom. The lowest BCUT2D eigenvalue weighted by molar-refractivity contribution is -0.0389. The van der Waals surface area contributed by atoms with Gasteiger partial charge >= 0.3 is 10.2 Å². The molecule has 6 heteroatoms. The molecular weight excluding hydrogens is 240 g/mol. The summed E-state index contributed by atoms with van der Waals surface area (Å²) in [6.07, 6.45) is 1.08. The molecule has 0 aromatic carbocycles. The van der Waals surface area contributed by atoms with Crippen LogP contribution in [0.5, 0.6) is 0 Å². The zero-order valence-electron chi connectivity index (χ0n) is 11.4. The maximum atomic E-state index is 12.0. The Morgan fingerprint density at radius 1 is 1.18 bits per heavy atom. The van der Waals surface area contributed by atoms with E-state index in [2.05, 4.69) is 18.7 Å². The molecule has 0 aromatic rings. The van der Waals surface area contributed by atoms with Gasteiger partial charge in [0.25, 0.3) is 0 Å². The molecule has 102 valence electrons. The fourth-order valence-electron chi connectivity index (χ4n) is 2.03. The van der Waals surface area contributed by atoms with Gasteiger partial charge in [0.2, 0.25) is 0 Å². The Hall–Kier alpha value is -0.170. The molecule has 2 atom stereocenters. The first-order valence-corrected chi connectivity index (χ1v) is 7.49. The van der Waals surface area contributed by atoms with Crippen LogP contribution in [0.1, 0.15) is 41.0 Å². The first-order valence-electron chi connectivity index (χ1n) is 6.05. The zero-order valence-corrected chi connectivity index (χ0v) is 12.2. The smallest absolute Gasteiger partial charge is 0.280 e. The Bertz CT molecular complexity index is 338. The van der Waals surface area contributed by atoms with Crippen LogP contribution in [-0.2, 0) is 15.0 Å². The molecule has 0 saturated carbocycles. The van der Waals surface area contributed by atoms with Gasteiger partial charge in [-0.1, -0.05) is 18.7 Å². The van der Waals surface area contributed by atoms with Crippen LogP contribution in [0.15, 0.2) is 0 Å². The number of piperidine rings is 1. The standard InChI is InChI=1S/C11H24N2O3S/c1-9-6-10(2)8-13(7-9)17(14,15)12-16-11(3,4)5/h9-10,12H,6-8H2,1-5H3. The molecular formula is C11H24N2O3S. The van der Waals surface area contributed by atoms with Gasteiger partial charge < -0.3 is 0 Å². The van der Waals surface area contributed by atoms with Crippen molar-refractivity contribution < 1.29 is 13.3 Å². The van der Waals surface area contributed by atoms with Crippen molar-refractivity contribution in [3.05, 3.63) is 0 Å². The summed E-state index contributed by atoms with van der Waals surface area (Å²) < 4.78 is 25.5. The maximum Gasteiger partial charge on any atom is 0.301 e. The Morgan fingerprint density at radius 3 is 2.06 bits per heavy atom. The van der Waals surface area contributed by atoms with Gasteiger partial charge in [-0.05, 0) is 39.0 Å². The molecule has 1 saturated heterocycles. The second kappa shape index (κ2) is 5.22. The number of nitrogens with one attached hydrogen (secondary N) is 1. The van der Waals surface area contributed by atoms with Gasteiger partial charge in [0.15, 0.2) is 0 Å². The third-order valence-corrected chi connectivity index (χ3v) is 3.90. The predicted octanol–water partition coefficient (Wildman–Crippen LogP) is 1.53. The van der Waals surface area contributed by atoms with Gasteiger partial charge in [-0.2, -0.15) is 12.7 Å². The SMILES string of the molecule is CC1CC(C)CN(S(=O)(=O)NOC(C)(C)C)C1. The molecule has 0 amide bonds. The summed E-state index contributed by atoms with van der Waals surface area (Å²) in [6.45, 7) is 10.7. The zero-order chi connectivity index (χ0) is 13.3. The summed E-state index contributed by atoms with van der Waals surface area (Å²) in [7, 11) is -3.52. The van der Waals surface area contributed by atoms with Crippen molar-refractivity contribution in [1.82, 2.24) is 9.19 Å². The van der Waals surface area contributed by atoms with Crippen LogP contribution in [0, 0.1) is 11.8 Å². The fraction of sp³-hybridized carbons (Fsp3) is 1.00. The fourth-order valence-corrected chi connectivity index (χ4v) is 3.39. The van der Waals surface area contributed by atoms with Crippen LogP contribution in [0.4, 0.5) is 0 Å². The van der Waals surface area contributed by atoms with E-state index in [-0.39, 0.29) is 0 Å². The normalized spacial score (nSPS) is 28.3. The molecule has 17 heavy (non-hydrogen) atoms. The molecule has 0 spiro atoms. The molecule has 1 rings (SSSR count). The van der Waals surface area contributed by atoms with E-state index in [1.54, 1.807) is 20.8 Å². The van der Waals surface area contributed by atoms with Gasteiger partial charge in [-0.15, -0.1) is 0 Å². The highest BCUT2D eigenvalue weighted by Crippen LogP contribution is 2.22. The summed E-state index contributed by atoms with van der Waals surface area (Å²) in [4.78, 5) is 7.35. The summed E-state index contributed by atoms with van der Waals surface area (Å²) in [6, 6.07) is 0. The highest BCUT2D eigenvalue weighted by Gasteiger charge is 2.31. The molecule has 0 aliphatic carbocycles. The molecule has 1 N–H and O–H groups in total. The largest absolute Gasteiger partial charge is 0.301 e. The molecule has 1 aliphatic rings. The number of rotatable bonds is 3. The third kappa shape index (κ3) is 4.91. The van der Waals surface area contributed by atoms with E-state index in [1.165, 1.54) is 4.31 Å². The average molecular weight is 264 g/mol. The highest BCUT2D eigenvalue weighted by molar-refractivity contribution is 7.87. The van der Waals surface area contributed by atoms with Crippen LogP contribution < -0.4 is 4.89 Å². The van der Waals surface area contributed by atoms with Crippen LogP contribution in [-0.4, -0.2) is 31.4 Å². The molecule has 0 bridgehead atoms. The molecule has 1 heterocycles. The van der Waals surface area contributed by atoms with E-state index in [9.17, 15) is 8.42 Å². The predicted molar refractivity (Wildman–Crippen MR) is 67.4 cm³/mol. The van der Waals surface area contributed by atoms with Gasteiger partial charge in [-0.3, -0.25) is 4.84 Å². The molecule has 5 nitrogen and oxygen atoms in total. The second-order valence-electron chi connectivity index (χ2n) is 6.07. The Kier molecular flexibility index (Phi) is 4.57. The van der Waals surface area contributed by atoms with Crippen molar-refractivity contribution in [2.24, 2.45) is 11.8 Å². The summed E-state index contributed by atoms with van der Waals surface area (Å²) in [5, 5.41) is 0. The lowest BCUT2D eigenvalue weighted by atomic mass is 9.94. The summed E-state index contributed by atoms with van der Waals surface area (Å²) >= 11 is 0. The Balaban J connectivity index is 2.63. The van der Waals surface area contributed by atoms with Crippen LogP contribution in [0.25, 0.3) is 0 Å². The third-order valence-electron chi connectivity index (χ3n) is 2.63. The first kappa shape index (κ1) is 14.9. The van der Waals surface area contributed by atoms with E-state index >= 15 is 0 Å². The van der Waals surface area contributed by atoms with Gasteiger partial charge in [0.05, 0.1) is 5.60 Å². The van der Waals surface area contributed by atoms with Gasteiger partial charge in [0.1, 0.15) is 0 Å². The minimum absolute atomic E-state index is 0.393. The Labute approximate surface area is 105 Å². The van der Waals surface area contributed by atoms with Crippen LogP contribution in [0.3, 0.4) is 0 Å². The quantitative estimate of drug-likeness (QED) is 0.786. The van der Waals surface area contributed by atoms with E-state index in [1.807, 2.05) is 0 Å². The molecule has 2 unspecified atom stereocenters. The maximum absolute atomic E-state index is 12.0. The topological polar surface area (TPSA) is 58.6 Å². The van der Waals surface area contributed by atoms with Gasteiger partial charge in [0, 0.05) is 13.1 Å². The van der Waals surface area contributed by atoms with Crippen molar-refractivity contribution >= 4 is 10.2 Å². The minimum Gasteiger partial charge on any atom is -0.280 e. The van der Waals surface area contributed by atoms with Crippen LogP contribution in [0.2, 0.25) is 0 Å². The van der Waals surface area contributed by atoms with Crippen LogP contribution >= 0.6 is 0 Å². The highest BCUT2D eigenvalue weighted by atomic mass is 32.2. The average Bonchev–Trinajstić information content (AvgIpc) is 2.12. The van der Waals surface area contributed by atoms with E-state index in [4.69, 9.17) is 4.84 Å². The lowest BCUT2D eigenvalue weighted by Crippen LogP contribution is -2.49.